The molecule has 0 aliphatic rings. The van der Waals surface area contributed by atoms with Crippen LogP contribution in [0.2, 0.25) is 0 Å². The summed E-state index contributed by atoms with van der Waals surface area (Å²) in [5, 5.41) is 7.33. The lowest BCUT2D eigenvalue weighted by Crippen LogP contribution is -2.11. The molecule has 2 heterocycles. The molecule has 9 aromatic carbocycles. The van der Waals surface area contributed by atoms with Gasteiger partial charge in [0, 0.05) is 47.9 Å². The molecule has 0 fully saturated rings. The number of hydrogen-bond donors (Lipinski definition) is 0. The average Bonchev–Trinajstić information content (AvgIpc) is 3.82. The molecule has 0 amide bonds. The molecule has 0 saturated carbocycles. The Bertz CT molecular complexity index is 3220. The highest BCUT2D eigenvalue weighted by atomic mass is 32.1. The average molecular weight is 720 g/mol. The van der Waals surface area contributed by atoms with Crippen molar-refractivity contribution in [1.82, 2.24) is 0 Å². The maximum Gasteiger partial charge on any atom is 0.135 e. The smallest absolute Gasteiger partial charge is 0.135 e. The van der Waals surface area contributed by atoms with Gasteiger partial charge in [0.15, 0.2) is 0 Å². The SMILES string of the molecule is c1cc(-c2ccccc2N(c2ccc(-c3ccc4sc5ccccc5c4c3)cc2)c2ccc3oc4ccccc4c3c2)cc(-c2cccc3ccccc23)c1. The van der Waals surface area contributed by atoms with E-state index in [1.54, 1.807) is 0 Å². The third kappa shape index (κ3) is 5.40. The molecule has 0 atom stereocenters. The first-order valence-electron chi connectivity index (χ1n) is 18.7. The van der Waals surface area contributed by atoms with E-state index in [2.05, 4.69) is 193 Å². The third-order valence-electron chi connectivity index (χ3n) is 10.9. The zero-order chi connectivity index (χ0) is 36.3. The van der Waals surface area contributed by atoms with E-state index >= 15 is 0 Å². The van der Waals surface area contributed by atoms with Gasteiger partial charge in [-0.1, -0.05) is 133 Å². The maximum absolute atomic E-state index is 6.28. The Morgan fingerprint density at radius 3 is 1.89 bits per heavy atom. The molecule has 258 valence electrons. The van der Waals surface area contributed by atoms with Crippen LogP contribution in [0, 0.1) is 0 Å². The van der Waals surface area contributed by atoms with Crippen molar-refractivity contribution in [3.8, 4) is 33.4 Å². The van der Waals surface area contributed by atoms with Gasteiger partial charge < -0.3 is 9.32 Å². The van der Waals surface area contributed by atoms with Crippen LogP contribution in [0.15, 0.2) is 205 Å². The quantitative estimate of drug-likeness (QED) is 0.170. The molecule has 3 heteroatoms. The highest BCUT2D eigenvalue weighted by Gasteiger charge is 2.20. The molecular formula is C52H33NOS. The molecule has 0 spiro atoms. The molecule has 0 unspecified atom stereocenters. The van der Waals surface area contributed by atoms with Crippen LogP contribution in [-0.2, 0) is 0 Å². The predicted octanol–water partition coefficient (Wildman–Crippen LogP) is 15.6. The van der Waals surface area contributed by atoms with Gasteiger partial charge in [0.05, 0.1) is 5.69 Å². The first-order valence-corrected chi connectivity index (χ1v) is 19.5. The fourth-order valence-electron chi connectivity index (χ4n) is 8.23. The van der Waals surface area contributed by atoms with Crippen LogP contribution in [0.1, 0.15) is 0 Å². The number of rotatable bonds is 6. The zero-order valence-corrected chi connectivity index (χ0v) is 30.6. The van der Waals surface area contributed by atoms with Crippen LogP contribution in [0.5, 0.6) is 0 Å². The number of thiophene rings is 1. The molecule has 0 saturated heterocycles. The standard InChI is InChI=1S/C52H33NOS/c1-2-15-41-35(11-1)12-10-19-42(41)37-13-9-14-38(31-37)43-16-3-6-20-48(43)53(40-28-29-50-46(33-40)44-17-4-7-21-49(44)54-50)39-26-23-34(24-27-39)36-25-30-52-47(32-36)45-18-5-8-22-51(45)55-52/h1-33H. The Morgan fingerprint density at radius 1 is 0.345 bits per heavy atom. The fourth-order valence-corrected chi connectivity index (χ4v) is 9.32. The summed E-state index contributed by atoms with van der Waals surface area (Å²) in [4.78, 5) is 2.39. The summed E-state index contributed by atoms with van der Waals surface area (Å²) in [5.74, 6) is 0. The normalized spacial score (nSPS) is 11.6. The van der Waals surface area contributed by atoms with Gasteiger partial charge in [0.1, 0.15) is 11.2 Å². The van der Waals surface area contributed by atoms with Gasteiger partial charge >= 0.3 is 0 Å². The van der Waals surface area contributed by atoms with Crippen molar-refractivity contribution in [3.05, 3.63) is 200 Å². The van der Waals surface area contributed by atoms with E-state index in [1.165, 1.54) is 53.2 Å². The summed E-state index contributed by atoms with van der Waals surface area (Å²) in [6.07, 6.45) is 0. The number of furan rings is 1. The van der Waals surface area contributed by atoms with Crippen molar-refractivity contribution in [3.63, 3.8) is 0 Å². The number of anilines is 3. The van der Waals surface area contributed by atoms with Crippen LogP contribution in [-0.4, -0.2) is 0 Å². The minimum Gasteiger partial charge on any atom is -0.456 e. The first-order chi connectivity index (χ1) is 27.2. The van der Waals surface area contributed by atoms with Crippen molar-refractivity contribution in [2.24, 2.45) is 0 Å². The summed E-state index contributed by atoms with van der Waals surface area (Å²) < 4.78 is 8.91. The summed E-state index contributed by atoms with van der Waals surface area (Å²) in [7, 11) is 0. The first kappa shape index (κ1) is 31.6. The van der Waals surface area contributed by atoms with E-state index in [0.717, 1.165) is 50.1 Å². The number of benzene rings is 9. The minimum atomic E-state index is 0.882. The van der Waals surface area contributed by atoms with Gasteiger partial charge in [0.25, 0.3) is 0 Å². The van der Waals surface area contributed by atoms with Crippen molar-refractivity contribution in [1.29, 1.82) is 0 Å². The monoisotopic (exact) mass is 719 g/mol. The Labute approximate surface area is 322 Å². The summed E-state index contributed by atoms with van der Waals surface area (Å²) in [6.45, 7) is 0. The summed E-state index contributed by atoms with van der Waals surface area (Å²) in [5.41, 5.74) is 12.2. The van der Waals surface area contributed by atoms with E-state index in [-0.39, 0.29) is 0 Å². The van der Waals surface area contributed by atoms with Crippen LogP contribution in [0.25, 0.3) is 86.3 Å². The topological polar surface area (TPSA) is 16.4 Å². The van der Waals surface area contributed by atoms with Crippen molar-refractivity contribution in [2.75, 3.05) is 4.90 Å². The Kier molecular flexibility index (Phi) is 7.39. The second-order valence-electron chi connectivity index (χ2n) is 14.1. The number of nitrogens with zero attached hydrogens (tertiary/aromatic N) is 1. The highest BCUT2D eigenvalue weighted by Crippen LogP contribution is 2.44. The highest BCUT2D eigenvalue weighted by molar-refractivity contribution is 7.25. The number of fused-ring (bicyclic) bond motifs is 7. The molecule has 2 nitrogen and oxygen atoms in total. The van der Waals surface area contributed by atoms with E-state index < -0.39 is 0 Å². The van der Waals surface area contributed by atoms with Gasteiger partial charge in [-0.2, -0.15) is 0 Å². The maximum atomic E-state index is 6.28. The number of hydrogen-bond acceptors (Lipinski definition) is 3. The van der Waals surface area contributed by atoms with E-state index in [0.29, 0.717) is 0 Å². The lowest BCUT2D eigenvalue weighted by Gasteiger charge is -2.28. The molecule has 0 bridgehead atoms. The van der Waals surface area contributed by atoms with E-state index in [9.17, 15) is 0 Å². The largest absolute Gasteiger partial charge is 0.456 e. The van der Waals surface area contributed by atoms with Crippen molar-refractivity contribution >= 4 is 81.3 Å². The summed E-state index contributed by atoms with van der Waals surface area (Å²) >= 11 is 1.86. The van der Waals surface area contributed by atoms with Gasteiger partial charge in [-0.25, -0.2) is 0 Å². The molecule has 55 heavy (non-hydrogen) atoms. The molecule has 2 aromatic heterocycles. The fraction of sp³-hybridized carbons (Fsp3) is 0. The van der Waals surface area contributed by atoms with Gasteiger partial charge in [-0.15, -0.1) is 11.3 Å². The molecule has 11 aromatic rings. The van der Waals surface area contributed by atoms with Crippen LogP contribution in [0.3, 0.4) is 0 Å². The predicted molar refractivity (Wildman–Crippen MR) is 235 cm³/mol. The van der Waals surface area contributed by atoms with Gasteiger partial charge in [-0.3, -0.25) is 0 Å². The molecular weight excluding hydrogens is 687 g/mol. The molecule has 0 aliphatic carbocycles. The molecule has 0 radical (unpaired) electrons. The second-order valence-corrected chi connectivity index (χ2v) is 15.2. The van der Waals surface area contributed by atoms with Crippen molar-refractivity contribution in [2.45, 2.75) is 0 Å². The Hall–Kier alpha value is -6.94. The summed E-state index contributed by atoms with van der Waals surface area (Å²) in [6, 6.07) is 72.3. The zero-order valence-electron chi connectivity index (χ0n) is 29.8. The van der Waals surface area contributed by atoms with Crippen LogP contribution in [0.4, 0.5) is 17.1 Å². The molecule has 0 aliphatic heterocycles. The Morgan fingerprint density at radius 2 is 0.982 bits per heavy atom. The third-order valence-corrected chi connectivity index (χ3v) is 12.0. The second kappa shape index (κ2) is 12.9. The Balaban J connectivity index is 1.06. The molecule has 11 rings (SSSR count). The van der Waals surface area contributed by atoms with Crippen molar-refractivity contribution < 1.29 is 4.42 Å². The van der Waals surface area contributed by atoms with Crippen LogP contribution < -0.4 is 4.90 Å². The van der Waals surface area contributed by atoms with E-state index in [1.807, 2.05) is 23.5 Å². The lowest BCUT2D eigenvalue weighted by molar-refractivity contribution is 0.669. The van der Waals surface area contributed by atoms with Gasteiger partial charge in [-0.05, 0) is 105 Å². The number of para-hydroxylation sites is 2. The minimum absolute atomic E-state index is 0.882. The molecule has 0 N–H and O–H groups in total. The van der Waals surface area contributed by atoms with E-state index in [4.69, 9.17) is 4.42 Å². The lowest BCUT2D eigenvalue weighted by atomic mass is 9.94. The van der Waals surface area contributed by atoms with Crippen LogP contribution >= 0.6 is 11.3 Å². The van der Waals surface area contributed by atoms with Gasteiger partial charge in [0.2, 0.25) is 0 Å².